The maximum atomic E-state index is 12.7. The largest absolute Gasteiger partial charge is 0.493 e. The quantitative estimate of drug-likeness (QED) is 0.793. The fourth-order valence-corrected chi connectivity index (χ4v) is 4.19. The molecule has 1 fully saturated rings. The highest BCUT2D eigenvalue weighted by Crippen LogP contribution is 2.23. The standard InChI is InChI=1S/C22H28N2O3S/c1-15(2)23-21(25)18-7-9-19(10-8-18)27-14-17-5-4-12-24(13-17)22(26)20-11-6-16(3)28-20/h6-11,15,17H,4-5,12-14H2,1-3H3,(H,23,25)/t17-/m1/s1. The van der Waals surface area contributed by atoms with E-state index in [1.807, 2.05) is 49.9 Å². The number of thiophene rings is 1. The lowest BCUT2D eigenvalue weighted by Gasteiger charge is -2.32. The Hall–Kier alpha value is -2.34. The van der Waals surface area contributed by atoms with Gasteiger partial charge in [-0.1, -0.05) is 0 Å². The summed E-state index contributed by atoms with van der Waals surface area (Å²) < 4.78 is 5.93. The van der Waals surface area contributed by atoms with Crippen molar-refractivity contribution in [2.45, 2.75) is 39.7 Å². The van der Waals surface area contributed by atoms with Crippen LogP contribution in [0, 0.1) is 12.8 Å². The molecule has 150 valence electrons. The number of amides is 2. The van der Waals surface area contributed by atoms with Gasteiger partial charge in [-0.25, -0.2) is 0 Å². The minimum absolute atomic E-state index is 0.0770. The molecule has 28 heavy (non-hydrogen) atoms. The van der Waals surface area contributed by atoms with Crippen LogP contribution >= 0.6 is 11.3 Å². The highest BCUT2D eigenvalue weighted by Gasteiger charge is 2.25. The van der Waals surface area contributed by atoms with Gasteiger partial charge in [0.25, 0.3) is 11.8 Å². The topological polar surface area (TPSA) is 58.6 Å². The molecule has 2 heterocycles. The molecule has 1 saturated heterocycles. The van der Waals surface area contributed by atoms with Crippen LogP contribution in [0.3, 0.4) is 0 Å². The smallest absolute Gasteiger partial charge is 0.263 e. The van der Waals surface area contributed by atoms with E-state index < -0.39 is 0 Å². The zero-order valence-electron chi connectivity index (χ0n) is 16.7. The first-order chi connectivity index (χ1) is 13.4. The highest BCUT2D eigenvalue weighted by molar-refractivity contribution is 7.13. The number of carbonyl (C=O) groups is 2. The number of nitrogens with one attached hydrogen (secondary N) is 1. The second kappa shape index (κ2) is 9.24. The van der Waals surface area contributed by atoms with Crippen molar-refractivity contribution in [2.75, 3.05) is 19.7 Å². The molecule has 6 heteroatoms. The van der Waals surface area contributed by atoms with E-state index in [0.29, 0.717) is 18.1 Å². The van der Waals surface area contributed by atoms with Gasteiger partial charge in [0.1, 0.15) is 5.75 Å². The molecule has 1 atom stereocenters. The van der Waals surface area contributed by atoms with Crippen LogP contribution in [0.25, 0.3) is 0 Å². The Morgan fingerprint density at radius 2 is 1.96 bits per heavy atom. The molecule has 1 aromatic heterocycles. The molecule has 2 aromatic rings. The van der Waals surface area contributed by atoms with Crippen molar-refractivity contribution in [2.24, 2.45) is 5.92 Å². The molecule has 3 rings (SSSR count). The lowest BCUT2D eigenvalue weighted by atomic mass is 9.99. The molecule has 0 spiro atoms. The average molecular weight is 401 g/mol. The van der Waals surface area contributed by atoms with Crippen LogP contribution < -0.4 is 10.1 Å². The number of ether oxygens (including phenoxy) is 1. The van der Waals surface area contributed by atoms with Crippen LogP contribution in [0.5, 0.6) is 5.75 Å². The highest BCUT2D eigenvalue weighted by atomic mass is 32.1. The molecule has 0 aliphatic carbocycles. The molecule has 1 aliphatic heterocycles. The van der Waals surface area contributed by atoms with Crippen molar-refractivity contribution in [3.63, 3.8) is 0 Å². The Balaban J connectivity index is 1.51. The normalized spacial score (nSPS) is 16.9. The van der Waals surface area contributed by atoms with Gasteiger partial charge in [0, 0.05) is 35.5 Å². The van der Waals surface area contributed by atoms with E-state index in [-0.39, 0.29) is 17.9 Å². The van der Waals surface area contributed by atoms with Gasteiger partial charge in [-0.15, -0.1) is 11.3 Å². The summed E-state index contributed by atoms with van der Waals surface area (Å²) in [4.78, 5) is 28.6. The number of carbonyl (C=O) groups excluding carboxylic acids is 2. The Labute approximate surface area is 170 Å². The number of hydrogen-bond acceptors (Lipinski definition) is 4. The summed E-state index contributed by atoms with van der Waals surface area (Å²) in [6.45, 7) is 8.01. The van der Waals surface area contributed by atoms with Gasteiger partial charge in [0.2, 0.25) is 0 Å². The molecule has 0 radical (unpaired) electrons. The van der Waals surface area contributed by atoms with Gasteiger partial charge in [-0.2, -0.15) is 0 Å². The second-order valence-corrected chi connectivity index (χ2v) is 8.92. The zero-order valence-corrected chi connectivity index (χ0v) is 17.6. The SMILES string of the molecule is Cc1ccc(C(=O)N2CCC[C@@H](COc3ccc(C(=O)NC(C)C)cc3)C2)s1. The fraction of sp³-hybridized carbons (Fsp3) is 0.455. The molecule has 1 N–H and O–H groups in total. The number of aryl methyl sites for hydroxylation is 1. The third kappa shape index (κ3) is 5.35. The summed E-state index contributed by atoms with van der Waals surface area (Å²) in [5.74, 6) is 1.12. The van der Waals surface area contributed by atoms with E-state index in [2.05, 4.69) is 5.32 Å². The van der Waals surface area contributed by atoms with Crippen LogP contribution in [0.1, 0.15) is 51.6 Å². The van der Waals surface area contributed by atoms with Crippen molar-refractivity contribution >= 4 is 23.2 Å². The molecule has 2 amide bonds. The van der Waals surface area contributed by atoms with Gasteiger partial charge in [0.15, 0.2) is 0 Å². The van der Waals surface area contributed by atoms with Crippen LogP contribution in [-0.2, 0) is 0 Å². The summed E-state index contributed by atoms with van der Waals surface area (Å²) in [5, 5.41) is 2.88. The second-order valence-electron chi connectivity index (χ2n) is 7.63. The van der Waals surface area contributed by atoms with Gasteiger partial charge < -0.3 is 15.0 Å². The number of likely N-dealkylation sites (tertiary alicyclic amines) is 1. The molecule has 1 aliphatic rings. The minimum atomic E-state index is -0.0770. The molecular weight excluding hydrogens is 372 g/mol. The Morgan fingerprint density at radius 1 is 1.21 bits per heavy atom. The molecule has 0 bridgehead atoms. The minimum Gasteiger partial charge on any atom is -0.493 e. The monoisotopic (exact) mass is 400 g/mol. The maximum Gasteiger partial charge on any atom is 0.263 e. The van der Waals surface area contributed by atoms with Gasteiger partial charge in [0.05, 0.1) is 11.5 Å². The van der Waals surface area contributed by atoms with Crippen molar-refractivity contribution in [3.8, 4) is 5.75 Å². The predicted octanol–water partition coefficient (Wildman–Crippen LogP) is 4.13. The van der Waals surface area contributed by atoms with Crippen molar-refractivity contribution in [1.82, 2.24) is 10.2 Å². The Bertz CT molecular complexity index is 813. The molecule has 1 aromatic carbocycles. The van der Waals surface area contributed by atoms with E-state index in [0.717, 1.165) is 41.4 Å². The van der Waals surface area contributed by atoms with Crippen LogP contribution in [0.2, 0.25) is 0 Å². The fourth-order valence-electron chi connectivity index (χ4n) is 3.35. The molecule has 0 unspecified atom stereocenters. The van der Waals surface area contributed by atoms with E-state index in [1.54, 1.807) is 23.5 Å². The maximum absolute atomic E-state index is 12.7. The van der Waals surface area contributed by atoms with Crippen molar-refractivity contribution in [1.29, 1.82) is 0 Å². The number of benzene rings is 1. The number of hydrogen-bond donors (Lipinski definition) is 1. The lowest BCUT2D eigenvalue weighted by molar-refractivity contribution is 0.0638. The lowest BCUT2D eigenvalue weighted by Crippen LogP contribution is -2.41. The van der Waals surface area contributed by atoms with E-state index >= 15 is 0 Å². The number of rotatable bonds is 6. The zero-order chi connectivity index (χ0) is 20.1. The summed E-state index contributed by atoms with van der Waals surface area (Å²) in [7, 11) is 0. The molecular formula is C22H28N2O3S. The van der Waals surface area contributed by atoms with Crippen molar-refractivity contribution < 1.29 is 14.3 Å². The summed E-state index contributed by atoms with van der Waals surface area (Å²) >= 11 is 1.55. The van der Waals surface area contributed by atoms with E-state index in [1.165, 1.54) is 0 Å². The summed E-state index contributed by atoms with van der Waals surface area (Å²) in [6.07, 6.45) is 2.06. The van der Waals surface area contributed by atoms with E-state index in [4.69, 9.17) is 4.74 Å². The van der Waals surface area contributed by atoms with Gasteiger partial charge in [-0.3, -0.25) is 9.59 Å². The van der Waals surface area contributed by atoms with Crippen LogP contribution in [0.15, 0.2) is 36.4 Å². The van der Waals surface area contributed by atoms with Crippen molar-refractivity contribution in [3.05, 3.63) is 51.7 Å². The summed E-state index contributed by atoms with van der Waals surface area (Å²) in [5.41, 5.74) is 0.627. The Kier molecular flexibility index (Phi) is 6.73. The van der Waals surface area contributed by atoms with Crippen LogP contribution in [-0.4, -0.2) is 42.5 Å². The average Bonchev–Trinajstić information content (AvgIpc) is 3.12. The van der Waals surface area contributed by atoms with Gasteiger partial charge in [-0.05, 0) is 70.0 Å². The summed E-state index contributed by atoms with van der Waals surface area (Å²) in [6, 6.07) is 11.2. The van der Waals surface area contributed by atoms with E-state index in [9.17, 15) is 9.59 Å². The molecule has 5 nitrogen and oxygen atoms in total. The Morgan fingerprint density at radius 3 is 2.61 bits per heavy atom. The van der Waals surface area contributed by atoms with Crippen LogP contribution in [0.4, 0.5) is 0 Å². The number of nitrogens with zero attached hydrogens (tertiary/aromatic N) is 1. The first-order valence-corrected chi connectivity index (χ1v) is 10.6. The molecule has 0 saturated carbocycles. The first kappa shape index (κ1) is 20.4. The predicted molar refractivity (Wildman–Crippen MR) is 112 cm³/mol. The van der Waals surface area contributed by atoms with Gasteiger partial charge >= 0.3 is 0 Å². The third-order valence-electron chi connectivity index (χ3n) is 4.78. The third-order valence-corrected chi connectivity index (χ3v) is 5.77. The first-order valence-electron chi connectivity index (χ1n) is 9.82. The number of piperidine rings is 1.